The number of aliphatic carboxylic acids is 1. The third-order valence-electron chi connectivity index (χ3n) is 7.43. The highest BCUT2D eigenvalue weighted by Gasteiger charge is 2.25. The Morgan fingerprint density at radius 2 is 1.76 bits per heavy atom. The van der Waals surface area contributed by atoms with E-state index in [2.05, 4.69) is 18.2 Å². The molecular formula is C31H32ClN3O3. The lowest BCUT2D eigenvalue weighted by Crippen LogP contribution is -2.38. The number of allylic oxidation sites excluding steroid dienone is 4. The zero-order valence-electron chi connectivity index (χ0n) is 21.4. The Balaban J connectivity index is 1.36. The average molecular weight is 530 g/mol. The van der Waals surface area contributed by atoms with Gasteiger partial charge < -0.3 is 10.0 Å². The molecule has 0 saturated carbocycles. The lowest BCUT2D eigenvalue weighted by atomic mass is 9.86. The molecule has 0 atom stereocenters. The van der Waals surface area contributed by atoms with E-state index in [1.807, 2.05) is 47.4 Å². The van der Waals surface area contributed by atoms with Crippen LogP contribution in [0.2, 0.25) is 5.02 Å². The van der Waals surface area contributed by atoms with Gasteiger partial charge in [-0.05, 0) is 86.8 Å². The third-order valence-corrected chi connectivity index (χ3v) is 7.68. The number of carboxylic acids is 1. The summed E-state index contributed by atoms with van der Waals surface area (Å²) in [4.78, 5) is 36.1. The highest BCUT2D eigenvalue weighted by Crippen LogP contribution is 2.30. The Labute approximate surface area is 228 Å². The minimum atomic E-state index is -0.799. The van der Waals surface area contributed by atoms with Crippen molar-refractivity contribution in [1.82, 2.24) is 14.9 Å². The number of piperidine rings is 1. The van der Waals surface area contributed by atoms with E-state index in [1.165, 1.54) is 5.57 Å². The number of aromatic nitrogens is 2. The molecule has 1 saturated heterocycles. The molecule has 1 amide bonds. The number of rotatable bonds is 8. The van der Waals surface area contributed by atoms with Crippen molar-refractivity contribution in [3.05, 3.63) is 82.5 Å². The van der Waals surface area contributed by atoms with Gasteiger partial charge in [-0.1, -0.05) is 42.0 Å². The highest BCUT2D eigenvalue weighted by atomic mass is 35.5. The Kier molecular flexibility index (Phi) is 8.18. The van der Waals surface area contributed by atoms with Gasteiger partial charge in [-0.3, -0.25) is 9.59 Å². The van der Waals surface area contributed by atoms with Crippen LogP contribution in [0.4, 0.5) is 0 Å². The number of amides is 1. The van der Waals surface area contributed by atoms with Crippen LogP contribution in [0.1, 0.15) is 61.0 Å². The number of halogens is 1. The number of unbranched alkanes of at least 4 members (excludes halogenated alkanes) is 1. The van der Waals surface area contributed by atoms with Gasteiger partial charge in [0.25, 0.3) is 5.91 Å². The molecule has 3 aromatic rings. The van der Waals surface area contributed by atoms with Crippen LogP contribution in [0.15, 0.2) is 66.3 Å². The maximum Gasteiger partial charge on any atom is 0.303 e. The minimum Gasteiger partial charge on any atom is -0.481 e. The summed E-state index contributed by atoms with van der Waals surface area (Å²) in [6, 6.07) is 13.0. The summed E-state index contributed by atoms with van der Waals surface area (Å²) in [5, 5.41) is 9.64. The molecule has 1 N–H and O–H groups in total. The van der Waals surface area contributed by atoms with Gasteiger partial charge in [-0.2, -0.15) is 0 Å². The first kappa shape index (κ1) is 26.1. The van der Waals surface area contributed by atoms with E-state index in [4.69, 9.17) is 26.7 Å². The molecule has 2 aromatic carbocycles. The van der Waals surface area contributed by atoms with Crippen molar-refractivity contribution in [1.29, 1.82) is 0 Å². The summed E-state index contributed by atoms with van der Waals surface area (Å²) in [7, 11) is 0. The second-order valence-corrected chi connectivity index (χ2v) is 10.5. The Morgan fingerprint density at radius 3 is 2.47 bits per heavy atom. The van der Waals surface area contributed by atoms with Crippen LogP contribution in [0, 0.1) is 5.92 Å². The fourth-order valence-corrected chi connectivity index (χ4v) is 5.47. The van der Waals surface area contributed by atoms with Crippen molar-refractivity contribution >= 4 is 34.5 Å². The number of carbonyl (C=O) groups excluding carboxylic acids is 1. The maximum atomic E-state index is 13.4. The van der Waals surface area contributed by atoms with E-state index in [9.17, 15) is 9.59 Å². The smallest absolute Gasteiger partial charge is 0.303 e. The van der Waals surface area contributed by atoms with Crippen LogP contribution in [-0.2, 0) is 11.2 Å². The standard InChI is InChI=1S/C31H32ClN3O3/c32-25-13-10-23(11-14-25)30-27(8-4-5-9-29(36)37)33-28-20-24(12-15-26(28)34-30)31(38)35-18-16-22(17-19-35)21-6-2-1-3-7-21/h2,6-7,10-15,20,22H,1,3-5,8-9,16-19H2,(H,36,37). The second-order valence-electron chi connectivity index (χ2n) is 10.1. The van der Waals surface area contributed by atoms with Crippen LogP contribution in [-0.4, -0.2) is 44.9 Å². The first-order valence-corrected chi connectivity index (χ1v) is 13.8. The van der Waals surface area contributed by atoms with Crippen molar-refractivity contribution in [3.8, 4) is 11.3 Å². The van der Waals surface area contributed by atoms with Crippen molar-refractivity contribution in [2.45, 2.75) is 51.4 Å². The minimum absolute atomic E-state index is 0.0325. The average Bonchev–Trinajstić information content (AvgIpc) is 2.95. The number of fused-ring (bicyclic) bond motifs is 1. The van der Waals surface area contributed by atoms with Crippen molar-refractivity contribution in [2.75, 3.05) is 13.1 Å². The molecule has 0 bridgehead atoms. The lowest BCUT2D eigenvalue weighted by molar-refractivity contribution is -0.137. The predicted molar refractivity (Wildman–Crippen MR) is 150 cm³/mol. The first-order valence-electron chi connectivity index (χ1n) is 13.4. The third kappa shape index (κ3) is 6.13. The van der Waals surface area contributed by atoms with Gasteiger partial charge in [0.05, 0.1) is 22.4 Å². The van der Waals surface area contributed by atoms with Crippen molar-refractivity contribution in [3.63, 3.8) is 0 Å². The molecule has 2 aliphatic rings. The normalized spacial score (nSPS) is 16.0. The van der Waals surface area contributed by atoms with E-state index >= 15 is 0 Å². The van der Waals surface area contributed by atoms with Crippen LogP contribution in [0.5, 0.6) is 0 Å². The van der Waals surface area contributed by atoms with E-state index in [0.717, 1.165) is 61.2 Å². The summed E-state index contributed by atoms with van der Waals surface area (Å²) in [5.41, 5.74) is 5.91. The first-order chi connectivity index (χ1) is 18.5. The zero-order chi connectivity index (χ0) is 26.5. The molecule has 7 heteroatoms. The van der Waals surface area contributed by atoms with Gasteiger partial charge in [0, 0.05) is 35.7 Å². The Bertz CT molecular complexity index is 1390. The molecule has 0 radical (unpaired) electrons. The van der Waals surface area contributed by atoms with Crippen molar-refractivity contribution < 1.29 is 14.7 Å². The number of likely N-dealkylation sites (tertiary alicyclic amines) is 1. The molecule has 0 unspecified atom stereocenters. The maximum absolute atomic E-state index is 13.4. The van der Waals surface area contributed by atoms with Gasteiger partial charge in [-0.25, -0.2) is 9.97 Å². The summed E-state index contributed by atoms with van der Waals surface area (Å²) in [6.45, 7) is 1.51. The lowest BCUT2D eigenvalue weighted by Gasteiger charge is -2.33. The Morgan fingerprint density at radius 1 is 0.974 bits per heavy atom. The predicted octanol–water partition coefficient (Wildman–Crippen LogP) is 6.88. The van der Waals surface area contributed by atoms with Crippen LogP contribution in [0.3, 0.4) is 0 Å². The molecule has 38 heavy (non-hydrogen) atoms. The summed E-state index contributed by atoms with van der Waals surface area (Å²) < 4.78 is 0. The van der Waals surface area contributed by atoms with Gasteiger partial charge >= 0.3 is 5.97 Å². The Hall–Kier alpha value is -3.51. The molecule has 1 aromatic heterocycles. The topological polar surface area (TPSA) is 83.4 Å². The molecule has 1 fully saturated rings. The fourth-order valence-electron chi connectivity index (χ4n) is 5.34. The number of aryl methyl sites for hydroxylation is 1. The van der Waals surface area contributed by atoms with Crippen molar-refractivity contribution in [2.24, 2.45) is 5.92 Å². The monoisotopic (exact) mass is 529 g/mol. The van der Waals surface area contributed by atoms with E-state index in [0.29, 0.717) is 41.3 Å². The van der Waals surface area contributed by atoms with E-state index < -0.39 is 5.97 Å². The van der Waals surface area contributed by atoms with E-state index in [-0.39, 0.29) is 12.3 Å². The SMILES string of the molecule is O=C(O)CCCCc1nc2cc(C(=O)N3CCC(C4=CCCC=C4)CC3)ccc2nc1-c1ccc(Cl)cc1. The number of benzene rings is 2. The molecule has 6 nitrogen and oxygen atoms in total. The number of nitrogens with zero attached hydrogens (tertiary/aromatic N) is 3. The van der Waals surface area contributed by atoms with Crippen LogP contribution in [0.25, 0.3) is 22.3 Å². The number of carbonyl (C=O) groups is 2. The highest BCUT2D eigenvalue weighted by molar-refractivity contribution is 6.30. The van der Waals surface area contributed by atoms with Gasteiger partial charge in [0.1, 0.15) is 0 Å². The van der Waals surface area contributed by atoms with Crippen LogP contribution >= 0.6 is 11.6 Å². The summed E-state index contributed by atoms with van der Waals surface area (Å²) in [6.07, 6.45) is 13.0. The molecular weight excluding hydrogens is 498 g/mol. The van der Waals surface area contributed by atoms with Crippen LogP contribution < -0.4 is 0 Å². The van der Waals surface area contributed by atoms with Gasteiger partial charge in [-0.15, -0.1) is 0 Å². The van der Waals surface area contributed by atoms with Gasteiger partial charge in [0.2, 0.25) is 0 Å². The molecule has 2 heterocycles. The summed E-state index contributed by atoms with van der Waals surface area (Å²) in [5.74, 6) is -0.232. The molecule has 196 valence electrons. The van der Waals surface area contributed by atoms with E-state index in [1.54, 1.807) is 0 Å². The molecule has 1 aliphatic heterocycles. The number of hydrogen-bond donors (Lipinski definition) is 1. The van der Waals surface area contributed by atoms with Gasteiger partial charge in [0.15, 0.2) is 0 Å². The molecule has 0 spiro atoms. The number of carboxylic acid groups (broad SMARTS) is 1. The number of hydrogen-bond acceptors (Lipinski definition) is 4. The summed E-state index contributed by atoms with van der Waals surface area (Å²) >= 11 is 6.09. The molecule has 1 aliphatic carbocycles. The quantitative estimate of drug-likeness (QED) is 0.322. The second kappa shape index (κ2) is 11.9. The zero-order valence-corrected chi connectivity index (χ0v) is 22.2. The molecule has 5 rings (SSSR count). The fraction of sp³-hybridized carbons (Fsp3) is 0.355. The largest absolute Gasteiger partial charge is 0.481 e.